The quantitative estimate of drug-likeness (QED) is 0.177. The molecule has 1 saturated heterocycles. The second-order valence-corrected chi connectivity index (χ2v) is 9.22. The van der Waals surface area contributed by atoms with E-state index in [9.17, 15) is 14.4 Å². The van der Waals surface area contributed by atoms with E-state index in [2.05, 4.69) is 11.6 Å². The van der Waals surface area contributed by atoms with Gasteiger partial charge in [-0.2, -0.15) is 0 Å². The Hall–Kier alpha value is -3.98. The first-order valence-corrected chi connectivity index (χ1v) is 12.5. The van der Waals surface area contributed by atoms with Crippen molar-refractivity contribution in [1.82, 2.24) is 9.88 Å². The number of piperidine rings is 1. The molecule has 186 valence electrons. The minimum Gasteiger partial charge on any atom is -0.489 e. The number of ether oxygens (including phenoxy) is 1. The topological polar surface area (TPSA) is 89.0 Å². The molecule has 0 aliphatic carbocycles. The van der Waals surface area contributed by atoms with Gasteiger partial charge in [-0.25, -0.2) is 4.98 Å². The normalized spacial score (nSPS) is 13.5. The molecule has 0 spiro atoms. The Morgan fingerprint density at radius 2 is 1.89 bits per heavy atom. The molecule has 8 nitrogen and oxygen atoms in total. The van der Waals surface area contributed by atoms with Crippen LogP contribution in [0.3, 0.4) is 0 Å². The van der Waals surface area contributed by atoms with E-state index < -0.39 is 0 Å². The molecule has 4 rings (SSSR count). The third kappa shape index (κ3) is 5.98. The number of rotatable bonds is 9. The fourth-order valence-electron chi connectivity index (χ4n) is 3.78. The second kappa shape index (κ2) is 11.6. The summed E-state index contributed by atoms with van der Waals surface area (Å²) in [5, 5.41) is 1.49. The summed E-state index contributed by atoms with van der Waals surface area (Å²) in [6, 6.07) is 12.2. The number of likely N-dealkylation sites (tertiary alicyclic amines) is 1. The molecule has 1 fully saturated rings. The zero-order valence-electron chi connectivity index (χ0n) is 20.0. The van der Waals surface area contributed by atoms with E-state index in [1.54, 1.807) is 23.1 Å². The molecule has 0 N–H and O–H groups in total. The van der Waals surface area contributed by atoms with Crippen LogP contribution in [-0.4, -0.2) is 47.2 Å². The molecule has 1 aliphatic rings. The van der Waals surface area contributed by atoms with Crippen LogP contribution in [0.2, 0.25) is 0 Å². The molecule has 1 aromatic heterocycles. The molecule has 9 heteroatoms. The van der Waals surface area contributed by atoms with Gasteiger partial charge in [0.2, 0.25) is 11.0 Å². The van der Waals surface area contributed by atoms with Crippen LogP contribution in [0.5, 0.6) is 11.5 Å². The largest absolute Gasteiger partial charge is 0.489 e. The van der Waals surface area contributed by atoms with E-state index in [1.165, 1.54) is 36.5 Å². The molecule has 0 unspecified atom stereocenters. The number of aromatic nitrogens is 1. The van der Waals surface area contributed by atoms with Crippen molar-refractivity contribution in [3.63, 3.8) is 0 Å². The molecule has 3 aromatic rings. The SMILES string of the molecule is C=CCOc1cc(ON(C(C)=O)c2nc3ccccc3s2)ccc1C(=O)/C=C/C(=O)N1CCCCC1. The van der Waals surface area contributed by atoms with Gasteiger partial charge in [0.25, 0.3) is 5.91 Å². The number of anilines is 1. The van der Waals surface area contributed by atoms with E-state index in [0.29, 0.717) is 18.2 Å². The van der Waals surface area contributed by atoms with Gasteiger partial charge in [-0.3, -0.25) is 14.4 Å². The standard InChI is InChI=1S/C27H27N3O5S/c1-3-17-34-24-18-20(35-30(19(2)31)27-28-22-9-5-6-10-25(22)36-27)11-12-21(24)23(32)13-14-26(33)29-15-7-4-8-16-29/h3,5-6,9-14,18H,1,4,7-8,15-17H2,2H3/b14-13+. The number of allylic oxidation sites excluding steroid dienone is 1. The van der Waals surface area contributed by atoms with Crippen LogP contribution < -0.4 is 14.6 Å². The molecule has 0 atom stereocenters. The zero-order chi connectivity index (χ0) is 25.5. The summed E-state index contributed by atoms with van der Waals surface area (Å²) in [4.78, 5) is 49.8. The van der Waals surface area contributed by atoms with Crippen LogP contribution in [0, 0.1) is 0 Å². The Balaban J connectivity index is 1.55. The van der Waals surface area contributed by atoms with Crippen molar-refractivity contribution in [3.8, 4) is 11.5 Å². The first-order chi connectivity index (χ1) is 17.5. The predicted octanol–water partition coefficient (Wildman–Crippen LogP) is 4.96. The average molecular weight is 506 g/mol. The minimum absolute atomic E-state index is 0.161. The summed E-state index contributed by atoms with van der Waals surface area (Å²) in [5.74, 6) is -0.374. The smallest absolute Gasteiger partial charge is 0.259 e. The van der Waals surface area contributed by atoms with Crippen molar-refractivity contribution < 1.29 is 24.0 Å². The van der Waals surface area contributed by atoms with Crippen molar-refractivity contribution in [1.29, 1.82) is 0 Å². The predicted molar refractivity (Wildman–Crippen MR) is 139 cm³/mol. The molecule has 36 heavy (non-hydrogen) atoms. The molecule has 2 aromatic carbocycles. The lowest BCUT2D eigenvalue weighted by Crippen LogP contribution is -2.34. The maximum Gasteiger partial charge on any atom is 0.259 e. The van der Waals surface area contributed by atoms with Crippen LogP contribution in [0.1, 0.15) is 36.5 Å². The second-order valence-electron chi connectivity index (χ2n) is 8.21. The van der Waals surface area contributed by atoms with Gasteiger partial charge in [0, 0.05) is 32.2 Å². The van der Waals surface area contributed by atoms with Crippen molar-refractivity contribution in [2.24, 2.45) is 0 Å². The fourth-order valence-corrected chi connectivity index (χ4v) is 4.73. The third-order valence-corrected chi connectivity index (χ3v) is 6.56. The summed E-state index contributed by atoms with van der Waals surface area (Å²) >= 11 is 1.33. The minimum atomic E-state index is -0.374. The van der Waals surface area contributed by atoms with Crippen LogP contribution in [0.4, 0.5) is 5.13 Å². The van der Waals surface area contributed by atoms with Gasteiger partial charge in [0.1, 0.15) is 12.4 Å². The highest BCUT2D eigenvalue weighted by molar-refractivity contribution is 7.22. The highest BCUT2D eigenvalue weighted by atomic mass is 32.1. The van der Waals surface area contributed by atoms with Crippen LogP contribution in [0.15, 0.2) is 67.3 Å². The number of carbonyl (C=O) groups is 3. The summed E-state index contributed by atoms with van der Waals surface area (Å²) in [6.45, 7) is 6.60. The van der Waals surface area contributed by atoms with E-state index in [4.69, 9.17) is 9.57 Å². The van der Waals surface area contributed by atoms with Gasteiger partial charge in [-0.1, -0.05) is 36.1 Å². The Morgan fingerprint density at radius 3 is 2.61 bits per heavy atom. The van der Waals surface area contributed by atoms with Gasteiger partial charge < -0.3 is 14.5 Å². The lowest BCUT2D eigenvalue weighted by Gasteiger charge is -2.25. The number of para-hydroxylation sites is 1. The summed E-state index contributed by atoms with van der Waals surface area (Å²) in [5.41, 5.74) is 1.02. The Bertz CT molecular complexity index is 1280. The van der Waals surface area contributed by atoms with E-state index >= 15 is 0 Å². The maximum absolute atomic E-state index is 12.9. The summed E-state index contributed by atoms with van der Waals surface area (Å²) in [7, 11) is 0. The van der Waals surface area contributed by atoms with Gasteiger partial charge in [0.05, 0.1) is 15.8 Å². The van der Waals surface area contributed by atoms with Crippen molar-refractivity contribution >= 4 is 44.3 Å². The number of benzene rings is 2. The number of thiazole rings is 1. The van der Waals surface area contributed by atoms with Gasteiger partial charge in [-0.05, 0) is 49.6 Å². The first-order valence-electron chi connectivity index (χ1n) is 11.7. The number of hydroxylamine groups is 1. The lowest BCUT2D eigenvalue weighted by molar-refractivity contribution is -0.126. The number of hydrogen-bond donors (Lipinski definition) is 0. The number of carbonyl (C=O) groups excluding carboxylic acids is 3. The summed E-state index contributed by atoms with van der Waals surface area (Å²) in [6.07, 6.45) is 7.19. The van der Waals surface area contributed by atoms with Crippen molar-refractivity contribution in [2.45, 2.75) is 26.2 Å². The van der Waals surface area contributed by atoms with Gasteiger partial charge in [0.15, 0.2) is 11.5 Å². The van der Waals surface area contributed by atoms with Crippen LogP contribution in [-0.2, 0) is 9.59 Å². The monoisotopic (exact) mass is 505 g/mol. The lowest BCUT2D eigenvalue weighted by atomic mass is 10.1. The first kappa shape index (κ1) is 25.1. The number of fused-ring (bicyclic) bond motifs is 1. The Kier molecular flexibility index (Phi) is 8.12. The Labute approximate surface area is 213 Å². The molecule has 0 bridgehead atoms. The average Bonchev–Trinajstić information content (AvgIpc) is 3.33. The maximum atomic E-state index is 12.9. The Morgan fingerprint density at radius 1 is 1.11 bits per heavy atom. The molecular weight excluding hydrogens is 478 g/mol. The molecule has 0 radical (unpaired) electrons. The number of amides is 2. The molecule has 2 amide bonds. The highest BCUT2D eigenvalue weighted by Crippen LogP contribution is 2.31. The summed E-state index contributed by atoms with van der Waals surface area (Å²) < 4.78 is 6.62. The van der Waals surface area contributed by atoms with Crippen LogP contribution >= 0.6 is 11.3 Å². The number of nitrogens with zero attached hydrogens (tertiary/aromatic N) is 3. The van der Waals surface area contributed by atoms with E-state index in [-0.39, 0.29) is 41.3 Å². The number of ketones is 1. The van der Waals surface area contributed by atoms with E-state index in [1.807, 2.05) is 24.3 Å². The number of hydrogen-bond acceptors (Lipinski definition) is 7. The van der Waals surface area contributed by atoms with Crippen LogP contribution in [0.25, 0.3) is 10.2 Å². The third-order valence-electron chi connectivity index (χ3n) is 5.56. The fraction of sp³-hybridized carbons (Fsp3) is 0.259. The van der Waals surface area contributed by atoms with Crippen molar-refractivity contribution in [3.05, 3.63) is 72.8 Å². The molecule has 0 saturated carbocycles. The van der Waals surface area contributed by atoms with Gasteiger partial charge in [-0.15, -0.1) is 5.06 Å². The van der Waals surface area contributed by atoms with E-state index in [0.717, 1.165) is 34.5 Å². The van der Waals surface area contributed by atoms with Crippen molar-refractivity contribution in [2.75, 3.05) is 24.8 Å². The molecular formula is C27H27N3O5S. The zero-order valence-corrected chi connectivity index (χ0v) is 20.8. The molecule has 2 heterocycles. The molecule has 1 aliphatic heterocycles. The highest BCUT2D eigenvalue weighted by Gasteiger charge is 2.21. The van der Waals surface area contributed by atoms with Gasteiger partial charge >= 0.3 is 0 Å².